The third kappa shape index (κ3) is 3.76. The summed E-state index contributed by atoms with van der Waals surface area (Å²) in [5, 5.41) is 12.9. The van der Waals surface area contributed by atoms with Gasteiger partial charge in [0.05, 0.1) is 12.1 Å². The van der Waals surface area contributed by atoms with Gasteiger partial charge in [-0.3, -0.25) is 4.79 Å². The molecule has 1 aromatic carbocycles. The van der Waals surface area contributed by atoms with Gasteiger partial charge >= 0.3 is 0 Å². The Kier molecular flexibility index (Phi) is 4.88. The highest BCUT2D eigenvalue weighted by atomic mass is 16.3. The van der Waals surface area contributed by atoms with Crippen molar-refractivity contribution in [1.82, 2.24) is 5.32 Å². The third-order valence-corrected chi connectivity index (χ3v) is 4.40. The van der Waals surface area contributed by atoms with Crippen LogP contribution in [0.15, 0.2) is 24.3 Å². The van der Waals surface area contributed by atoms with Crippen LogP contribution in [0, 0.1) is 5.92 Å². The van der Waals surface area contributed by atoms with Gasteiger partial charge in [-0.2, -0.15) is 0 Å². The van der Waals surface area contributed by atoms with E-state index in [4.69, 9.17) is 0 Å². The zero-order valence-corrected chi connectivity index (χ0v) is 13.2. The number of aliphatic hydroxyl groups excluding tert-OH is 1. The molecule has 1 saturated carbocycles. The summed E-state index contributed by atoms with van der Waals surface area (Å²) >= 11 is 0. The normalized spacial score (nSPS) is 25.4. The van der Waals surface area contributed by atoms with E-state index in [-0.39, 0.29) is 12.5 Å². The number of benzene rings is 1. The fraction of sp³-hybridized carbons (Fsp3) is 0.588. The summed E-state index contributed by atoms with van der Waals surface area (Å²) in [6.45, 7) is 2.19. The Morgan fingerprint density at radius 3 is 2.86 bits per heavy atom. The van der Waals surface area contributed by atoms with Crippen molar-refractivity contribution in [2.45, 2.75) is 38.1 Å². The first-order valence-corrected chi connectivity index (χ1v) is 7.66. The first-order valence-electron chi connectivity index (χ1n) is 7.66. The molecule has 2 rings (SSSR count). The predicted molar refractivity (Wildman–Crippen MR) is 85.7 cm³/mol. The number of hydrogen-bond acceptors (Lipinski definition) is 3. The Morgan fingerprint density at radius 1 is 1.48 bits per heavy atom. The molecule has 0 aromatic heterocycles. The quantitative estimate of drug-likeness (QED) is 0.895. The van der Waals surface area contributed by atoms with E-state index in [1.54, 1.807) is 0 Å². The lowest BCUT2D eigenvalue weighted by Gasteiger charge is -2.39. The van der Waals surface area contributed by atoms with Gasteiger partial charge in [-0.15, -0.1) is 0 Å². The average Bonchev–Trinajstić information content (AvgIpc) is 2.47. The van der Waals surface area contributed by atoms with Crippen molar-refractivity contribution in [2.75, 3.05) is 25.6 Å². The molecule has 116 valence electrons. The molecular weight excluding hydrogens is 264 g/mol. The first-order chi connectivity index (χ1) is 9.96. The average molecular weight is 290 g/mol. The van der Waals surface area contributed by atoms with E-state index < -0.39 is 5.54 Å². The zero-order chi connectivity index (χ0) is 15.5. The fourth-order valence-corrected chi connectivity index (χ4v) is 3.20. The Hall–Kier alpha value is -1.55. The van der Waals surface area contributed by atoms with Crippen LogP contribution < -0.4 is 10.2 Å². The van der Waals surface area contributed by atoms with Crippen molar-refractivity contribution < 1.29 is 9.90 Å². The second kappa shape index (κ2) is 6.48. The second-order valence-electron chi connectivity index (χ2n) is 6.54. The van der Waals surface area contributed by atoms with E-state index in [2.05, 4.69) is 12.2 Å². The molecule has 2 unspecified atom stereocenters. The van der Waals surface area contributed by atoms with E-state index in [1.165, 1.54) is 6.42 Å². The predicted octanol–water partition coefficient (Wildman–Crippen LogP) is 2.42. The van der Waals surface area contributed by atoms with Gasteiger partial charge in [0.2, 0.25) is 0 Å². The Bertz CT molecular complexity index is 501. The van der Waals surface area contributed by atoms with Gasteiger partial charge in [0, 0.05) is 25.3 Å². The summed E-state index contributed by atoms with van der Waals surface area (Å²) in [5.74, 6) is 0.446. The maximum Gasteiger partial charge on any atom is 0.251 e. The molecule has 0 aliphatic heterocycles. The van der Waals surface area contributed by atoms with Crippen molar-refractivity contribution in [3.05, 3.63) is 29.8 Å². The molecule has 4 heteroatoms. The van der Waals surface area contributed by atoms with Crippen LogP contribution in [-0.2, 0) is 0 Å². The molecule has 1 aromatic rings. The van der Waals surface area contributed by atoms with E-state index in [0.717, 1.165) is 24.9 Å². The molecule has 0 heterocycles. The molecule has 0 spiro atoms. The van der Waals surface area contributed by atoms with Crippen LogP contribution in [0.4, 0.5) is 5.69 Å². The van der Waals surface area contributed by atoms with Crippen molar-refractivity contribution in [3.63, 3.8) is 0 Å². The number of amides is 1. The highest BCUT2D eigenvalue weighted by Gasteiger charge is 2.35. The lowest BCUT2D eigenvalue weighted by atomic mass is 9.76. The third-order valence-electron chi connectivity index (χ3n) is 4.40. The molecule has 0 radical (unpaired) electrons. The summed E-state index contributed by atoms with van der Waals surface area (Å²) in [5.41, 5.74) is 1.19. The molecule has 0 bridgehead atoms. The summed E-state index contributed by atoms with van der Waals surface area (Å²) in [7, 11) is 3.91. The number of carbonyl (C=O) groups is 1. The van der Waals surface area contributed by atoms with E-state index >= 15 is 0 Å². The topological polar surface area (TPSA) is 52.6 Å². The van der Waals surface area contributed by atoms with Crippen molar-refractivity contribution in [2.24, 2.45) is 5.92 Å². The molecule has 21 heavy (non-hydrogen) atoms. The number of carbonyl (C=O) groups excluding carboxylic acids is 1. The number of nitrogens with one attached hydrogen (secondary N) is 1. The highest BCUT2D eigenvalue weighted by molar-refractivity contribution is 5.95. The largest absolute Gasteiger partial charge is 0.394 e. The molecule has 1 amide bonds. The van der Waals surface area contributed by atoms with Gasteiger partial charge in [-0.25, -0.2) is 0 Å². The molecule has 0 saturated heterocycles. The monoisotopic (exact) mass is 290 g/mol. The molecular formula is C17H26N2O2. The van der Waals surface area contributed by atoms with E-state index in [0.29, 0.717) is 11.5 Å². The van der Waals surface area contributed by atoms with Crippen LogP contribution in [0.5, 0.6) is 0 Å². The standard InChI is InChI=1S/C17H26N2O2/c1-13-6-5-9-17(11-13,12-20)18-16(21)14-7-4-8-15(10-14)19(2)3/h4,7-8,10,13,20H,5-6,9,11-12H2,1-3H3,(H,18,21). The number of rotatable bonds is 4. The number of aliphatic hydroxyl groups is 1. The van der Waals surface area contributed by atoms with Crippen molar-refractivity contribution in [3.8, 4) is 0 Å². The molecule has 4 nitrogen and oxygen atoms in total. The van der Waals surface area contributed by atoms with Crippen LogP contribution in [0.1, 0.15) is 43.0 Å². The molecule has 2 N–H and O–H groups in total. The smallest absolute Gasteiger partial charge is 0.251 e. The number of hydrogen-bond donors (Lipinski definition) is 2. The van der Waals surface area contributed by atoms with Gasteiger partial charge < -0.3 is 15.3 Å². The van der Waals surface area contributed by atoms with Crippen molar-refractivity contribution >= 4 is 11.6 Å². The lowest BCUT2D eigenvalue weighted by molar-refractivity contribution is 0.0697. The first kappa shape index (κ1) is 15.8. The van der Waals surface area contributed by atoms with Crippen LogP contribution in [-0.4, -0.2) is 37.3 Å². The summed E-state index contributed by atoms with van der Waals surface area (Å²) in [6, 6.07) is 7.56. The Morgan fingerprint density at radius 2 is 2.24 bits per heavy atom. The minimum absolute atomic E-state index is 0.0104. The lowest BCUT2D eigenvalue weighted by Crippen LogP contribution is -2.53. The second-order valence-corrected chi connectivity index (χ2v) is 6.54. The molecule has 2 atom stereocenters. The Labute approximate surface area is 127 Å². The molecule has 1 aliphatic rings. The highest BCUT2D eigenvalue weighted by Crippen LogP contribution is 2.32. The SMILES string of the molecule is CC1CCCC(CO)(NC(=O)c2cccc(N(C)C)c2)C1. The van der Waals surface area contributed by atoms with Crippen LogP contribution >= 0.6 is 0 Å². The maximum absolute atomic E-state index is 12.5. The van der Waals surface area contributed by atoms with Gasteiger partial charge in [0.1, 0.15) is 0 Å². The molecule has 1 fully saturated rings. The van der Waals surface area contributed by atoms with E-state index in [9.17, 15) is 9.90 Å². The van der Waals surface area contributed by atoms with Crippen LogP contribution in [0.2, 0.25) is 0 Å². The molecule has 1 aliphatic carbocycles. The van der Waals surface area contributed by atoms with Crippen LogP contribution in [0.25, 0.3) is 0 Å². The van der Waals surface area contributed by atoms with Gasteiger partial charge in [-0.1, -0.05) is 25.8 Å². The summed E-state index contributed by atoms with van der Waals surface area (Å²) in [4.78, 5) is 14.5. The summed E-state index contributed by atoms with van der Waals surface area (Å²) in [6.07, 6.45) is 3.93. The van der Waals surface area contributed by atoms with Gasteiger partial charge in [0.15, 0.2) is 0 Å². The maximum atomic E-state index is 12.5. The minimum Gasteiger partial charge on any atom is -0.394 e. The fourth-order valence-electron chi connectivity index (χ4n) is 3.20. The number of nitrogens with zero attached hydrogens (tertiary/aromatic N) is 1. The van der Waals surface area contributed by atoms with Gasteiger partial charge in [0.25, 0.3) is 5.91 Å². The van der Waals surface area contributed by atoms with Crippen molar-refractivity contribution in [1.29, 1.82) is 0 Å². The van der Waals surface area contributed by atoms with Gasteiger partial charge in [-0.05, 0) is 37.0 Å². The Balaban J connectivity index is 2.14. The zero-order valence-electron chi connectivity index (χ0n) is 13.2. The van der Waals surface area contributed by atoms with Crippen LogP contribution in [0.3, 0.4) is 0 Å². The van der Waals surface area contributed by atoms with E-state index in [1.807, 2.05) is 43.3 Å². The minimum atomic E-state index is -0.455. The number of anilines is 1. The summed E-state index contributed by atoms with van der Waals surface area (Å²) < 4.78 is 0.